The van der Waals surface area contributed by atoms with E-state index < -0.39 is 0 Å². The number of nitrogens with zero attached hydrogens (tertiary/aromatic N) is 1. The molecule has 0 aromatic heterocycles. The second-order valence-corrected chi connectivity index (χ2v) is 7.29. The zero-order valence-electron chi connectivity index (χ0n) is 16.8. The number of hydrogen-bond donors (Lipinski definition) is 4. The molecule has 1 aliphatic heterocycles. The van der Waals surface area contributed by atoms with E-state index in [9.17, 15) is 4.79 Å². The van der Waals surface area contributed by atoms with Gasteiger partial charge >= 0.3 is 0 Å². The molecule has 5 N–H and O–H groups in total. The maximum absolute atomic E-state index is 12.3. The van der Waals surface area contributed by atoms with Gasteiger partial charge in [0.15, 0.2) is 5.11 Å². The van der Waals surface area contributed by atoms with Gasteiger partial charge in [-0.05, 0) is 86.7 Å². The minimum absolute atomic E-state index is 0.252. The summed E-state index contributed by atoms with van der Waals surface area (Å²) in [6.07, 6.45) is 11.8. The number of piperidine rings is 1. The highest BCUT2D eigenvalue weighted by atomic mass is 32.1. The highest BCUT2D eigenvalue weighted by Crippen LogP contribution is 2.16. The van der Waals surface area contributed by atoms with Crippen LogP contribution in [0.2, 0.25) is 0 Å². The predicted octanol–water partition coefficient (Wildman–Crippen LogP) is 2.71. The molecular formula is C22H31N5OS. The lowest BCUT2D eigenvalue weighted by Gasteiger charge is -2.26. The Morgan fingerprint density at radius 2 is 1.83 bits per heavy atom. The molecule has 1 aromatic carbocycles. The van der Waals surface area contributed by atoms with Gasteiger partial charge in [0.1, 0.15) is 0 Å². The van der Waals surface area contributed by atoms with Gasteiger partial charge in [-0.15, -0.1) is 0 Å². The van der Waals surface area contributed by atoms with Gasteiger partial charge in [0.2, 0.25) is 0 Å². The van der Waals surface area contributed by atoms with Crippen LogP contribution in [0.4, 0.5) is 0 Å². The first-order chi connectivity index (χ1) is 14.1. The summed E-state index contributed by atoms with van der Waals surface area (Å²) in [5.41, 5.74) is 13.2. The minimum atomic E-state index is -0.252. The first-order valence-electron chi connectivity index (χ1n) is 10.0. The number of carbonyl (C=O) groups is 1. The van der Waals surface area contributed by atoms with Crippen molar-refractivity contribution in [2.45, 2.75) is 25.7 Å². The first-order valence-corrected chi connectivity index (χ1v) is 10.4. The number of nitrogens with two attached hydrogens (primary N) is 1. The molecule has 0 aliphatic carbocycles. The molecule has 6 nitrogen and oxygen atoms in total. The number of amides is 1. The summed E-state index contributed by atoms with van der Waals surface area (Å²) >= 11 is 5.22. The second kappa shape index (κ2) is 12.7. The summed E-state index contributed by atoms with van der Waals surface area (Å²) in [5.74, 6) is -0.252. The number of likely N-dealkylation sites (tertiary alicyclic amines) is 1. The quantitative estimate of drug-likeness (QED) is 0.227. The van der Waals surface area contributed by atoms with Crippen molar-refractivity contribution in [2.75, 3.05) is 26.2 Å². The Kier molecular flexibility index (Phi) is 9.95. The third kappa shape index (κ3) is 8.09. The maximum atomic E-state index is 12.3. The molecule has 1 fully saturated rings. The van der Waals surface area contributed by atoms with E-state index in [0.717, 1.165) is 30.6 Å². The van der Waals surface area contributed by atoms with Crippen LogP contribution in [0.15, 0.2) is 55.3 Å². The number of allylic oxidation sites excluding steroid dienone is 4. The summed E-state index contributed by atoms with van der Waals surface area (Å²) in [6.45, 7) is 7.96. The molecule has 0 radical (unpaired) electrons. The molecular weight excluding hydrogens is 382 g/mol. The van der Waals surface area contributed by atoms with E-state index in [1.807, 2.05) is 18.2 Å². The molecule has 1 aliphatic rings. The van der Waals surface area contributed by atoms with Crippen molar-refractivity contribution in [2.24, 2.45) is 5.73 Å². The fourth-order valence-electron chi connectivity index (χ4n) is 3.21. The molecule has 0 atom stereocenters. The van der Waals surface area contributed by atoms with Crippen LogP contribution in [-0.4, -0.2) is 42.1 Å². The van der Waals surface area contributed by atoms with Crippen LogP contribution < -0.4 is 21.9 Å². The van der Waals surface area contributed by atoms with E-state index in [2.05, 4.69) is 27.6 Å². The Labute approximate surface area is 178 Å². The summed E-state index contributed by atoms with van der Waals surface area (Å²) in [5, 5.41) is 3.54. The molecule has 1 amide bonds. The van der Waals surface area contributed by atoms with Gasteiger partial charge in [0, 0.05) is 12.1 Å². The van der Waals surface area contributed by atoms with E-state index in [1.165, 1.54) is 38.6 Å². The van der Waals surface area contributed by atoms with Crippen LogP contribution in [0, 0.1) is 0 Å². The molecule has 29 heavy (non-hydrogen) atoms. The average molecular weight is 414 g/mol. The highest BCUT2D eigenvalue weighted by molar-refractivity contribution is 7.80. The van der Waals surface area contributed by atoms with Gasteiger partial charge in [-0.3, -0.25) is 15.6 Å². The monoisotopic (exact) mass is 413 g/mol. The Morgan fingerprint density at radius 3 is 2.48 bits per heavy atom. The van der Waals surface area contributed by atoms with Crippen LogP contribution in [0.3, 0.4) is 0 Å². The van der Waals surface area contributed by atoms with Gasteiger partial charge in [-0.1, -0.05) is 37.3 Å². The van der Waals surface area contributed by atoms with Crippen molar-refractivity contribution >= 4 is 28.8 Å². The van der Waals surface area contributed by atoms with Crippen molar-refractivity contribution in [1.29, 1.82) is 0 Å². The zero-order valence-corrected chi connectivity index (χ0v) is 17.6. The Morgan fingerprint density at radius 1 is 1.14 bits per heavy atom. The third-order valence-corrected chi connectivity index (χ3v) is 4.97. The zero-order chi connectivity index (χ0) is 20.9. The van der Waals surface area contributed by atoms with Gasteiger partial charge in [0.25, 0.3) is 5.91 Å². The minimum Gasteiger partial charge on any atom is -0.405 e. The normalized spacial score (nSPS) is 15.1. The van der Waals surface area contributed by atoms with E-state index in [4.69, 9.17) is 18.0 Å². The van der Waals surface area contributed by atoms with Crippen molar-refractivity contribution in [3.05, 3.63) is 66.4 Å². The molecule has 0 bridgehead atoms. The topological polar surface area (TPSA) is 82.4 Å². The summed E-state index contributed by atoms with van der Waals surface area (Å²) in [7, 11) is 0. The number of hydrogen-bond acceptors (Lipinski definition) is 4. The molecule has 1 aromatic rings. The number of rotatable bonds is 8. The second-order valence-electron chi connectivity index (χ2n) is 6.89. The summed E-state index contributed by atoms with van der Waals surface area (Å²) < 4.78 is 0. The summed E-state index contributed by atoms with van der Waals surface area (Å²) in [4.78, 5) is 14.8. The van der Waals surface area contributed by atoms with Gasteiger partial charge < -0.3 is 16.0 Å². The fourth-order valence-corrected chi connectivity index (χ4v) is 3.36. The Balaban J connectivity index is 1.71. The standard InChI is InChI=1S/C22H31N5OS/c1-2-7-18(12-13-23)19-8-10-20(11-9-19)21(28)25-26-22(29)24-14-6-17-27-15-4-3-5-16-27/h2,7-13H,1,3-6,14-17,23H2,(H,25,28)(H2,24,26,29)/b13-12-,18-7+. The number of thiocarbonyl (C=S) groups is 1. The van der Waals surface area contributed by atoms with E-state index in [-0.39, 0.29) is 5.91 Å². The van der Waals surface area contributed by atoms with Gasteiger partial charge in [-0.2, -0.15) is 0 Å². The number of carbonyl (C=O) groups excluding carboxylic acids is 1. The lowest BCUT2D eigenvalue weighted by Crippen LogP contribution is -2.47. The van der Waals surface area contributed by atoms with Crippen molar-refractivity contribution in [3.8, 4) is 0 Å². The molecule has 0 saturated carbocycles. The maximum Gasteiger partial charge on any atom is 0.269 e. The molecule has 7 heteroatoms. The Hall–Kier alpha value is -2.64. The molecule has 0 spiro atoms. The van der Waals surface area contributed by atoms with E-state index >= 15 is 0 Å². The predicted molar refractivity (Wildman–Crippen MR) is 124 cm³/mol. The van der Waals surface area contributed by atoms with Crippen LogP contribution in [0.5, 0.6) is 0 Å². The molecule has 1 heterocycles. The highest BCUT2D eigenvalue weighted by Gasteiger charge is 2.09. The average Bonchev–Trinajstić information content (AvgIpc) is 2.76. The fraction of sp³-hybridized carbons (Fsp3) is 0.364. The van der Waals surface area contributed by atoms with Crippen LogP contribution in [-0.2, 0) is 0 Å². The van der Waals surface area contributed by atoms with Crippen molar-refractivity contribution in [1.82, 2.24) is 21.1 Å². The van der Waals surface area contributed by atoms with Crippen molar-refractivity contribution in [3.63, 3.8) is 0 Å². The number of nitrogens with one attached hydrogen (secondary N) is 3. The summed E-state index contributed by atoms with van der Waals surface area (Å²) in [6, 6.07) is 7.23. The SMILES string of the molecule is C=C/C=C(\C=C/N)c1ccc(C(=O)NNC(=S)NCCCN2CCCCC2)cc1. The third-order valence-electron chi connectivity index (χ3n) is 4.73. The lowest BCUT2D eigenvalue weighted by atomic mass is 10.0. The van der Waals surface area contributed by atoms with Crippen molar-refractivity contribution < 1.29 is 4.79 Å². The largest absolute Gasteiger partial charge is 0.405 e. The number of hydrazine groups is 1. The molecule has 0 unspecified atom stereocenters. The molecule has 2 rings (SSSR count). The smallest absolute Gasteiger partial charge is 0.269 e. The van der Waals surface area contributed by atoms with Crippen LogP contribution >= 0.6 is 12.2 Å². The van der Waals surface area contributed by atoms with Gasteiger partial charge in [0.05, 0.1) is 0 Å². The molecule has 1 saturated heterocycles. The van der Waals surface area contributed by atoms with Gasteiger partial charge in [-0.25, -0.2) is 0 Å². The number of benzene rings is 1. The van der Waals surface area contributed by atoms with Crippen LogP contribution in [0.1, 0.15) is 41.6 Å². The van der Waals surface area contributed by atoms with E-state index in [0.29, 0.717) is 10.7 Å². The van der Waals surface area contributed by atoms with E-state index in [1.54, 1.807) is 24.3 Å². The van der Waals surface area contributed by atoms with Crippen LogP contribution in [0.25, 0.3) is 5.57 Å². The molecule has 156 valence electrons. The first kappa shape index (κ1) is 22.6. The Bertz CT molecular complexity index is 736. The lowest BCUT2D eigenvalue weighted by molar-refractivity contribution is 0.0943.